The Kier molecular flexibility index (Phi) is 6.49. The predicted octanol–water partition coefficient (Wildman–Crippen LogP) is 12.2. The number of fused-ring (bicyclic) bond motifs is 4. The second kappa shape index (κ2) is 11.5. The second-order valence-electron chi connectivity index (χ2n) is 12.8. The first-order valence-corrected chi connectivity index (χ1v) is 16.9. The van der Waals surface area contributed by atoms with Crippen LogP contribution in [0.5, 0.6) is 0 Å². The van der Waals surface area contributed by atoms with Crippen LogP contribution in [0.15, 0.2) is 176 Å². The molecular weight excluding hydrogens is 607 g/mol. The highest BCUT2D eigenvalue weighted by molar-refractivity contribution is 6.16. The third kappa shape index (κ3) is 4.71. The molecular formula is C47H29N3. The van der Waals surface area contributed by atoms with Gasteiger partial charge < -0.3 is 0 Å². The van der Waals surface area contributed by atoms with Gasteiger partial charge in [0.25, 0.3) is 0 Å². The van der Waals surface area contributed by atoms with Crippen LogP contribution in [0.2, 0.25) is 0 Å². The molecule has 0 unspecified atom stereocenters. The maximum absolute atomic E-state index is 4.95. The highest BCUT2D eigenvalue weighted by Gasteiger charge is 2.22. The van der Waals surface area contributed by atoms with E-state index >= 15 is 0 Å². The summed E-state index contributed by atoms with van der Waals surface area (Å²) in [5.41, 5.74) is 12.8. The summed E-state index contributed by atoms with van der Waals surface area (Å²) < 4.78 is 0. The minimum absolute atomic E-state index is 0.648. The molecule has 3 heteroatoms. The van der Waals surface area contributed by atoms with E-state index in [1.165, 1.54) is 60.5 Å². The van der Waals surface area contributed by atoms with Crippen molar-refractivity contribution in [2.45, 2.75) is 0 Å². The molecule has 0 bridgehead atoms. The molecule has 9 aromatic rings. The summed E-state index contributed by atoms with van der Waals surface area (Å²) in [7, 11) is 0. The summed E-state index contributed by atoms with van der Waals surface area (Å²) in [5, 5.41) is 5.07. The molecule has 0 atom stereocenters. The predicted molar refractivity (Wildman–Crippen MR) is 206 cm³/mol. The first kappa shape index (κ1) is 28.3. The minimum Gasteiger partial charge on any atom is -0.208 e. The Bertz CT molecular complexity index is 2670. The summed E-state index contributed by atoms with van der Waals surface area (Å²) in [6.07, 6.45) is 0. The Morgan fingerprint density at radius 3 is 1.26 bits per heavy atom. The molecule has 3 nitrogen and oxygen atoms in total. The fourth-order valence-corrected chi connectivity index (χ4v) is 7.41. The van der Waals surface area contributed by atoms with Crippen LogP contribution < -0.4 is 0 Å². The van der Waals surface area contributed by atoms with Gasteiger partial charge in [-0.15, -0.1) is 0 Å². The van der Waals surface area contributed by atoms with E-state index in [1.54, 1.807) is 0 Å². The van der Waals surface area contributed by atoms with Gasteiger partial charge in [0, 0.05) is 16.7 Å². The fraction of sp³-hybridized carbons (Fsp3) is 0. The lowest BCUT2D eigenvalue weighted by molar-refractivity contribution is 1.07. The third-order valence-corrected chi connectivity index (χ3v) is 9.85. The van der Waals surface area contributed by atoms with Gasteiger partial charge in [-0.05, 0) is 84.3 Å². The van der Waals surface area contributed by atoms with Crippen LogP contribution in [0.4, 0.5) is 0 Å². The van der Waals surface area contributed by atoms with Gasteiger partial charge in [0.15, 0.2) is 17.5 Å². The highest BCUT2D eigenvalue weighted by Crippen LogP contribution is 2.49. The van der Waals surface area contributed by atoms with E-state index in [2.05, 4.69) is 115 Å². The van der Waals surface area contributed by atoms with Crippen LogP contribution in [0, 0.1) is 0 Å². The molecule has 1 aromatic heterocycles. The van der Waals surface area contributed by atoms with Crippen LogP contribution in [0.25, 0.3) is 100 Å². The summed E-state index contributed by atoms with van der Waals surface area (Å²) in [5.74, 6) is 1.96. The van der Waals surface area contributed by atoms with E-state index in [9.17, 15) is 0 Å². The number of aromatic nitrogens is 3. The van der Waals surface area contributed by atoms with Crippen LogP contribution in [0.3, 0.4) is 0 Å². The van der Waals surface area contributed by atoms with E-state index in [1.807, 2.05) is 60.7 Å². The molecule has 0 amide bonds. The quantitative estimate of drug-likeness (QED) is 0.189. The SMILES string of the molecule is c1ccc(-c2nc(-c3ccccc3)nc(-c3ccc(-c4cc5ccccc5cc4-c4ccc5c(c4)-c4cccc6cccc-5c46)cc3)n2)cc1. The van der Waals surface area contributed by atoms with Gasteiger partial charge in [-0.25, -0.2) is 15.0 Å². The summed E-state index contributed by atoms with van der Waals surface area (Å²) in [4.78, 5) is 14.8. The standard InChI is InChI=1S/C47H29N3/c1-3-11-32(12-4-1)45-48-46(33-13-5-2-6-14-33)50-47(49-45)34-23-21-30(22-24-34)41-27-35-15-7-8-16-36(35)28-42(41)37-25-26-38-39-19-9-17-31-18-10-20-40(44(31)39)43(38)29-37/h1-29H. The average Bonchev–Trinajstić information content (AvgIpc) is 3.52. The summed E-state index contributed by atoms with van der Waals surface area (Å²) in [6, 6.07) is 62.4. The molecule has 10 rings (SSSR count). The number of hydrogen-bond acceptors (Lipinski definition) is 3. The maximum Gasteiger partial charge on any atom is 0.164 e. The Morgan fingerprint density at radius 2 is 0.680 bits per heavy atom. The molecule has 0 radical (unpaired) electrons. The monoisotopic (exact) mass is 635 g/mol. The van der Waals surface area contributed by atoms with Gasteiger partial charge in [-0.1, -0.05) is 158 Å². The Balaban J connectivity index is 1.10. The van der Waals surface area contributed by atoms with Gasteiger partial charge in [-0.3, -0.25) is 0 Å². The third-order valence-electron chi connectivity index (χ3n) is 9.85. The van der Waals surface area contributed by atoms with Crippen molar-refractivity contribution >= 4 is 21.5 Å². The smallest absolute Gasteiger partial charge is 0.164 e. The molecule has 232 valence electrons. The fourth-order valence-electron chi connectivity index (χ4n) is 7.41. The van der Waals surface area contributed by atoms with Crippen molar-refractivity contribution in [1.29, 1.82) is 0 Å². The zero-order valence-electron chi connectivity index (χ0n) is 27.1. The average molecular weight is 636 g/mol. The molecule has 0 saturated heterocycles. The number of rotatable bonds is 5. The molecule has 0 spiro atoms. The van der Waals surface area contributed by atoms with E-state index in [0.29, 0.717) is 17.5 Å². The highest BCUT2D eigenvalue weighted by atomic mass is 15.0. The van der Waals surface area contributed by atoms with Crippen LogP contribution in [-0.4, -0.2) is 15.0 Å². The van der Waals surface area contributed by atoms with Gasteiger partial charge >= 0.3 is 0 Å². The first-order valence-electron chi connectivity index (χ1n) is 16.9. The lowest BCUT2D eigenvalue weighted by Crippen LogP contribution is -2.00. The maximum atomic E-state index is 4.95. The zero-order chi connectivity index (χ0) is 33.0. The van der Waals surface area contributed by atoms with Crippen LogP contribution in [0.1, 0.15) is 0 Å². The van der Waals surface area contributed by atoms with E-state index in [0.717, 1.165) is 22.3 Å². The lowest BCUT2D eigenvalue weighted by atomic mass is 9.89. The molecule has 0 aliphatic heterocycles. The van der Waals surface area contributed by atoms with Crippen LogP contribution >= 0.6 is 0 Å². The molecule has 0 fully saturated rings. The lowest BCUT2D eigenvalue weighted by Gasteiger charge is -2.15. The van der Waals surface area contributed by atoms with Crippen molar-refractivity contribution in [3.05, 3.63) is 176 Å². The topological polar surface area (TPSA) is 38.7 Å². The number of hydrogen-bond donors (Lipinski definition) is 0. The molecule has 0 saturated carbocycles. The van der Waals surface area contributed by atoms with Gasteiger partial charge in [0.1, 0.15) is 0 Å². The van der Waals surface area contributed by atoms with Crippen molar-refractivity contribution < 1.29 is 0 Å². The molecule has 1 heterocycles. The van der Waals surface area contributed by atoms with Crippen molar-refractivity contribution in [2.24, 2.45) is 0 Å². The van der Waals surface area contributed by atoms with Gasteiger partial charge in [0.05, 0.1) is 0 Å². The van der Waals surface area contributed by atoms with Gasteiger partial charge in [0.2, 0.25) is 0 Å². The first-order chi connectivity index (χ1) is 24.8. The van der Waals surface area contributed by atoms with Crippen molar-refractivity contribution in [3.63, 3.8) is 0 Å². The molecule has 50 heavy (non-hydrogen) atoms. The van der Waals surface area contributed by atoms with E-state index in [4.69, 9.17) is 15.0 Å². The van der Waals surface area contributed by atoms with Gasteiger partial charge in [-0.2, -0.15) is 0 Å². The normalized spacial score (nSPS) is 11.6. The van der Waals surface area contributed by atoms with Crippen molar-refractivity contribution in [2.75, 3.05) is 0 Å². The van der Waals surface area contributed by atoms with Crippen molar-refractivity contribution in [1.82, 2.24) is 15.0 Å². The summed E-state index contributed by atoms with van der Waals surface area (Å²) >= 11 is 0. The number of benzene rings is 8. The van der Waals surface area contributed by atoms with E-state index in [-0.39, 0.29) is 0 Å². The van der Waals surface area contributed by atoms with E-state index < -0.39 is 0 Å². The molecule has 8 aromatic carbocycles. The van der Waals surface area contributed by atoms with Crippen LogP contribution in [-0.2, 0) is 0 Å². The zero-order valence-corrected chi connectivity index (χ0v) is 27.1. The Hall–Kier alpha value is -6.71. The van der Waals surface area contributed by atoms with Crippen molar-refractivity contribution in [3.8, 4) is 78.7 Å². The molecule has 0 N–H and O–H groups in total. The Labute approximate surface area is 290 Å². The summed E-state index contributed by atoms with van der Waals surface area (Å²) in [6.45, 7) is 0. The Morgan fingerprint density at radius 1 is 0.240 bits per heavy atom. The number of nitrogens with zero attached hydrogens (tertiary/aromatic N) is 3. The molecule has 1 aliphatic carbocycles. The minimum atomic E-state index is 0.648. The largest absolute Gasteiger partial charge is 0.208 e. The molecule has 1 aliphatic rings. The second-order valence-corrected chi connectivity index (χ2v) is 12.8.